The van der Waals surface area contributed by atoms with Gasteiger partial charge in [-0.2, -0.15) is 13.2 Å². The number of aromatic nitrogens is 2. The first-order valence-electron chi connectivity index (χ1n) is 10.0. The van der Waals surface area contributed by atoms with Crippen LogP contribution in [0.2, 0.25) is 0 Å². The van der Waals surface area contributed by atoms with Crippen molar-refractivity contribution in [1.29, 1.82) is 0 Å². The van der Waals surface area contributed by atoms with Crippen LogP contribution in [-0.2, 0) is 23.8 Å². The number of aryl methyl sites for hydroxylation is 1. The Balaban J connectivity index is 1.45. The summed E-state index contributed by atoms with van der Waals surface area (Å²) in [6, 6.07) is 3.52. The lowest BCUT2D eigenvalue weighted by atomic mass is 9.86. The van der Waals surface area contributed by atoms with E-state index in [0.717, 1.165) is 49.2 Å². The standard InChI is InChI=1S/C21H23F3N4O2/c1-30-18-7-5-15(11-16(18)21(22,23)24)26-19(29)13-4-6-17-14(10-13)12-25-20(27-17)28-8-2-3-9-28/h5,7,11-13H,2-4,6,8-10H2,1H3,(H,26,29). The number of carbonyl (C=O) groups excluding carboxylic acids is 1. The number of nitrogens with one attached hydrogen (secondary N) is 1. The Labute approximate surface area is 172 Å². The average molecular weight is 420 g/mol. The summed E-state index contributed by atoms with van der Waals surface area (Å²) >= 11 is 0. The van der Waals surface area contributed by atoms with Gasteiger partial charge in [0.25, 0.3) is 0 Å². The predicted octanol–water partition coefficient (Wildman–Crippen LogP) is 3.85. The summed E-state index contributed by atoms with van der Waals surface area (Å²) in [4.78, 5) is 24.0. The second kappa shape index (κ2) is 8.12. The average Bonchev–Trinajstić information content (AvgIpc) is 3.27. The number of nitrogens with zero attached hydrogens (tertiary/aromatic N) is 3. The zero-order chi connectivity index (χ0) is 21.3. The number of rotatable bonds is 4. The van der Waals surface area contributed by atoms with E-state index in [0.29, 0.717) is 19.3 Å². The number of fused-ring (bicyclic) bond motifs is 1. The molecule has 2 aliphatic rings. The van der Waals surface area contributed by atoms with Gasteiger partial charge in [-0.1, -0.05) is 0 Å². The van der Waals surface area contributed by atoms with Crippen molar-refractivity contribution in [2.75, 3.05) is 30.4 Å². The quantitative estimate of drug-likeness (QED) is 0.814. The predicted molar refractivity (Wildman–Crippen MR) is 106 cm³/mol. The molecule has 6 nitrogen and oxygen atoms in total. The molecule has 1 aliphatic heterocycles. The Kier molecular flexibility index (Phi) is 5.53. The van der Waals surface area contributed by atoms with E-state index >= 15 is 0 Å². The molecule has 1 aliphatic carbocycles. The lowest BCUT2D eigenvalue weighted by molar-refractivity contribution is -0.138. The Bertz CT molecular complexity index is 942. The van der Waals surface area contributed by atoms with Crippen molar-refractivity contribution in [3.63, 3.8) is 0 Å². The third kappa shape index (κ3) is 4.20. The first-order chi connectivity index (χ1) is 14.3. The van der Waals surface area contributed by atoms with Crippen LogP contribution in [0.25, 0.3) is 0 Å². The summed E-state index contributed by atoms with van der Waals surface area (Å²) in [5, 5.41) is 2.62. The minimum atomic E-state index is -4.57. The van der Waals surface area contributed by atoms with Crippen LogP contribution < -0.4 is 15.0 Å². The van der Waals surface area contributed by atoms with Crippen molar-refractivity contribution in [3.8, 4) is 5.75 Å². The van der Waals surface area contributed by atoms with Crippen molar-refractivity contribution in [2.24, 2.45) is 5.92 Å². The molecule has 1 atom stereocenters. The fourth-order valence-electron chi connectivity index (χ4n) is 4.04. The molecule has 0 spiro atoms. The highest BCUT2D eigenvalue weighted by Crippen LogP contribution is 2.38. The van der Waals surface area contributed by atoms with Crippen LogP contribution in [0.3, 0.4) is 0 Å². The normalized spacial score (nSPS) is 18.8. The summed E-state index contributed by atoms with van der Waals surface area (Å²) in [6.45, 7) is 1.93. The van der Waals surface area contributed by atoms with E-state index in [1.165, 1.54) is 19.2 Å². The number of hydrogen-bond donors (Lipinski definition) is 1. The molecule has 1 N–H and O–H groups in total. The summed E-state index contributed by atoms with van der Waals surface area (Å²) in [6.07, 6.45) is 1.22. The molecule has 0 saturated carbocycles. The van der Waals surface area contributed by atoms with Gasteiger partial charge in [0, 0.05) is 36.6 Å². The molecule has 1 aromatic carbocycles. The fraction of sp³-hybridized carbons (Fsp3) is 0.476. The third-order valence-corrected chi connectivity index (χ3v) is 5.67. The van der Waals surface area contributed by atoms with Crippen LogP contribution in [-0.4, -0.2) is 36.1 Å². The Morgan fingerprint density at radius 2 is 2.03 bits per heavy atom. The number of amides is 1. The smallest absolute Gasteiger partial charge is 0.420 e. The highest BCUT2D eigenvalue weighted by atomic mass is 19.4. The number of carbonyl (C=O) groups is 1. The molecule has 1 aromatic heterocycles. The van der Waals surface area contributed by atoms with Crippen LogP contribution >= 0.6 is 0 Å². The van der Waals surface area contributed by atoms with Gasteiger partial charge in [0.15, 0.2) is 0 Å². The Morgan fingerprint density at radius 1 is 1.27 bits per heavy atom. The van der Waals surface area contributed by atoms with Gasteiger partial charge >= 0.3 is 6.18 Å². The number of alkyl halides is 3. The Hall–Kier alpha value is -2.84. The van der Waals surface area contributed by atoms with E-state index in [9.17, 15) is 18.0 Å². The molecule has 4 rings (SSSR count). The van der Waals surface area contributed by atoms with Crippen LogP contribution in [0, 0.1) is 5.92 Å². The molecule has 9 heteroatoms. The third-order valence-electron chi connectivity index (χ3n) is 5.67. The highest BCUT2D eigenvalue weighted by Gasteiger charge is 2.35. The zero-order valence-corrected chi connectivity index (χ0v) is 16.6. The Morgan fingerprint density at radius 3 is 2.73 bits per heavy atom. The van der Waals surface area contributed by atoms with Gasteiger partial charge in [0.2, 0.25) is 11.9 Å². The summed E-state index contributed by atoms with van der Waals surface area (Å²) in [7, 11) is 1.18. The van der Waals surface area contributed by atoms with Gasteiger partial charge in [-0.3, -0.25) is 4.79 Å². The molecule has 0 radical (unpaired) electrons. The van der Waals surface area contributed by atoms with Crippen LogP contribution in [0.15, 0.2) is 24.4 Å². The van der Waals surface area contributed by atoms with Crippen LogP contribution in [0.4, 0.5) is 24.8 Å². The number of anilines is 2. The number of hydrogen-bond acceptors (Lipinski definition) is 5. The summed E-state index contributed by atoms with van der Waals surface area (Å²) < 4.78 is 44.4. The second-order valence-electron chi connectivity index (χ2n) is 7.68. The van der Waals surface area contributed by atoms with Crippen LogP contribution in [0.1, 0.15) is 36.1 Å². The molecular formula is C21H23F3N4O2. The van der Waals surface area contributed by atoms with Gasteiger partial charge in [-0.25, -0.2) is 9.97 Å². The lowest BCUT2D eigenvalue weighted by Crippen LogP contribution is -2.29. The van der Waals surface area contributed by atoms with Gasteiger partial charge < -0.3 is 15.0 Å². The van der Waals surface area contributed by atoms with E-state index in [1.807, 2.05) is 0 Å². The molecule has 1 amide bonds. The van der Waals surface area contributed by atoms with Crippen molar-refractivity contribution < 1.29 is 22.7 Å². The number of halogens is 3. The summed E-state index contributed by atoms with van der Waals surface area (Å²) in [5.74, 6) is -0.178. The highest BCUT2D eigenvalue weighted by molar-refractivity contribution is 5.93. The SMILES string of the molecule is COc1ccc(NC(=O)C2CCc3nc(N4CCCC4)ncc3C2)cc1C(F)(F)F. The first kappa shape index (κ1) is 20.4. The van der Waals surface area contributed by atoms with E-state index in [-0.39, 0.29) is 23.3 Å². The minimum absolute atomic E-state index is 0.0968. The van der Waals surface area contributed by atoms with Crippen LogP contribution in [0.5, 0.6) is 5.75 Å². The van der Waals surface area contributed by atoms with Gasteiger partial charge in [-0.15, -0.1) is 0 Å². The van der Waals surface area contributed by atoms with Gasteiger partial charge in [0.05, 0.1) is 12.7 Å². The van der Waals surface area contributed by atoms with Crippen molar-refractivity contribution >= 4 is 17.5 Å². The molecule has 1 saturated heterocycles. The molecule has 1 fully saturated rings. The number of methoxy groups -OCH3 is 1. The molecule has 2 aromatic rings. The molecule has 30 heavy (non-hydrogen) atoms. The molecule has 160 valence electrons. The molecule has 0 bridgehead atoms. The van der Waals surface area contributed by atoms with Gasteiger partial charge in [-0.05, 0) is 55.9 Å². The van der Waals surface area contributed by atoms with E-state index in [1.54, 1.807) is 6.20 Å². The maximum Gasteiger partial charge on any atom is 0.420 e. The maximum atomic E-state index is 13.2. The summed E-state index contributed by atoms with van der Waals surface area (Å²) in [5.41, 5.74) is 1.06. The van der Waals surface area contributed by atoms with Crippen molar-refractivity contribution in [3.05, 3.63) is 41.2 Å². The maximum absolute atomic E-state index is 13.2. The lowest BCUT2D eigenvalue weighted by Gasteiger charge is -2.25. The first-order valence-corrected chi connectivity index (χ1v) is 10.0. The fourth-order valence-corrected chi connectivity index (χ4v) is 4.04. The second-order valence-corrected chi connectivity index (χ2v) is 7.68. The van der Waals surface area contributed by atoms with E-state index in [4.69, 9.17) is 4.74 Å². The number of ether oxygens (including phenoxy) is 1. The van der Waals surface area contributed by atoms with Crippen molar-refractivity contribution in [1.82, 2.24) is 9.97 Å². The van der Waals surface area contributed by atoms with E-state index < -0.39 is 11.7 Å². The largest absolute Gasteiger partial charge is 0.496 e. The van der Waals surface area contributed by atoms with Gasteiger partial charge in [0.1, 0.15) is 5.75 Å². The van der Waals surface area contributed by atoms with Crippen molar-refractivity contribution in [2.45, 2.75) is 38.3 Å². The number of benzene rings is 1. The topological polar surface area (TPSA) is 67.3 Å². The van der Waals surface area contributed by atoms with E-state index in [2.05, 4.69) is 20.2 Å². The molecular weight excluding hydrogens is 397 g/mol. The monoisotopic (exact) mass is 420 g/mol. The molecule has 2 heterocycles. The molecule has 1 unspecified atom stereocenters. The minimum Gasteiger partial charge on any atom is -0.496 e. The zero-order valence-electron chi connectivity index (χ0n) is 16.6.